The largest absolute Gasteiger partial charge is 0.343 e. The number of nitrogens with one attached hydrogen (secondary N) is 1. The summed E-state index contributed by atoms with van der Waals surface area (Å²) in [6.07, 6.45) is 1.29. The number of carbonyl (C=O) groups is 1. The molecule has 0 saturated heterocycles. The van der Waals surface area contributed by atoms with Crippen molar-refractivity contribution in [1.29, 1.82) is 0 Å². The molecule has 0 radical (unpaired) electrons. The molecule has 182 valence electrons. The maximum Gasteiger partial charge on any atom is 0.162 e. The third-order valence-electron chi connectivity index (χ3n) is 7.00. The molecule has 4 nitrogen and oxygen atoms in total. The van der Waals surface area contributed by atoms with Gasteiger partial charge in [0, 0.05) is 44.6 Å². The lowest BCUT2D eigenvalue weighted by atomic mass is 9.68. The summed E-state index contributed by atoms with van der Waals surface area (Å²) < 4.78 is 1.97. The van der Waals surface area contributed by atoms with Gasteiger partial charge in [0.15, 0.2) is 5.78 Å². The molecule has 0 bridgehead atoms. The highest BCUT2D eigenvalue weighted by atomic mass is 35.5. The van der Waals surface area contributed by atoms with Gasteiger partial charge in [-0.3, -0.25) is 4.79 Å². The summed E-state index contributed by atoms with van der Waals surface area (Å²) in [7, 11) is 0. The maximum atomic E-state index is 13.7. The van der Waals surface area contributed by atoms with Gasteiger partial charge in [0.1, 0.15) is 5.82 Å². The van der Waals surface area contributed by atoms with E-state index in [-0.39, 0.29) is 22.5 Å². The van der Waals surface area contributed by atoms with Gasteiger partial charge in [-0.1, -0.05) is 76.0 Å². The monoisotopic (exact) mass is 507 g/mol. The molecule has 1 aliphatic carbocycles. The molecular formula is C29H31Cl2N3O. The van der Waals surface area contributed by atoms with Crippen LogP contribution in [0.4, 0.5) is 5.82 Å². The van der Waals surface area contributed by atoms with Gasteiger partial charge >= 0.3 is 0 Å². The van der Waals surface area contributed by atoms with Crippen LogP contribution in [0.25, 0.3) is 5.69 Å². The molecule has 1 aliphatic heterocycles. The van der Waals surface area contributed by atoms with Gasteiger partial charge in [0.25, 0.3) is 0 Å². The number of Topliss-reactive ketones (excluding diaryl/α,β-unsaturated/α-hetero) is 1. The van der Waals surface area contributed by atoms with Crippen molar-refractivity contribution in [2.45, 2.75) is 65.7 Å². The quantitative estimate of drug-likeness (QED) is 0.382. The second-order valence-electron chi connectivity index (χ2n) is 11.6. The number of aromatic nitrogens is 2. The van der Waals surface area contributed by atoms with Gasteiger partial charge in [-0.05, 0) is 54.2 Å². The van der Waals surface area contributed by atoms with Crippen LogP contribution in [0.3, 0.4) is 0 Å². The molecule has 2 aromatic carbocycles. The average Bonchev–Trinajstić information content (AvgIpc) is 3.13. The highest BCUT2D eigenvalue weighted by molar-refractivity contribution is 6.31. The Morgan fingerprint density at radius 1 is 1.06 bits per heavy atom. The van der Waals surface area contributed by atoms with Crippen molar-refractivity contribution in [1.82, 2.24) is 9.78 Å². The number of rotatable bonds is 2. The first-order chi connectivity index (χ1) is 16.4. The number of benzene rings is 2. The standard InChI is InChI=1S/C29H31Cl2N3O/c1-16-13-17(11-12-19(16)30)34-27-25(26(33-34)28(2,3)4)23(18-9-7-8-10-20(18)31)24-21(32-27)14-29(5,6)15-22(24)35/h7-13,23,32H,14-15H2,1-6H3. The molecule has 0 amide bonds. The number of carbonyl (C=O) groups excluding carboxylic acids is 1. The summed E-state index contributed by atoms with van der Waals surface area (Å²) >= 11 is 13.1. The Hall–Kier alpha value is -2.56. The number of halogens is 2. The fraction of sp³-hybridized carbons (Fsp3) is 0.379. The molecule has 1 N–H and O–H groups in total. The summed E-state index contributed by atoms with van der Waals surface area (Å²) in [6, 6.07) is 13.8. The second-order valence-corrected chi connectivity index (χ2v) is 12.4. The fourth-order valence-corrected chi connectivity index (χ4v) is 5.78. The molecule has 1 unspecified atom stereocenters. The minimum absolute atomic E-state index is 0.125. The lowest BCUT2D eigenvalue weighted by Crippen LogP contribution is -2.34. The first-order valence-electron chi connectivity index (χ1n) is 12.0. The zero-order valence-electron chi connectivity index (χ0n) is 21.1. The van der Waals surface area contributed by atoms with E-state index in [1.807, 2.05) is 54.1 Å². The summed E-state index contributed by atoms with van der Waals surface area (Å²) in [5.41, 5.74) is 6.22. The van der Waals surface area contributed by atoms with E-state index < -0.39 is 0 Å². The molecule has 0 saturated carbocycles. The second kappa shape index (κ2) is 8.25. The number of hydrogen-bond acceptors (Lipinski definition) is 3. The van der Waals surface area contributed by atoms with Crippen LogP contribution in [0.15, 0.2) is 53.7 Å². The van der Waals surface area contributed by atoms with E-state index in [0.29, 0.717) is 11.4 Å². The predicted octanol–water partition coefficient (Wildman–Crippen LogP) is 7.99. The van der Waals surface area contributed by atoms with Crippen molar-refractivity contribution in [3.05, 3.63) is 86.2 Å². The number of fused-ring (bicyclic) bond motifs is 1. The van der Waals surface area contributed by atoms with Crippen LogP contribution < -0.4 is 5.32 Å². The van der Waals surface area contributed by atoms with Gasteiger partial charge in [-0.15, -0.1) is 0 Å². The van der Waals surface area contributed by atoms with Crippen LogP contribution >= 0.6 is 23.2 Å². The van der Waals surface area contributed by atoms with E-state index in [1.165, 1.54) is 0 Å². The predicted molar refractivity (Wildman–Crippen MR) is 144 cm³/mol. The van der Waals surface area contributed by atoms with E-state index in [4.69, 9.17) is 28.3 Å². The molecule has 1 aromatic heterocycles. The molecule has 1 atom stereocenters. The molecule has 0 spiro atoms. The van der Waals surface area contributed by atoms with Crippen LogP contribution in [0.1, 0.15) is 75.8 Å². The van der Waals surface area contributed by atoms with Crippen molar-refractivity contribution < 1.29 is 4.79 Å². The maximum absolute atomic E-state index is 13.7. The van der Waals surface area contributed by atoms with Crippen LogP contribution in [-0.2, 0) is 10.2 Å². The Labute approximate surface area is 217 Å². The molecule has 0 fully saturated rings. The van der Waals surface area contributed by atoms with Crippen molar-refractivity contribution in [3.8, 4) is 5.69 Å². The average molecular weight is 508 g/mol. The van der Waals surface area contributed by atoms with E-state index in [9.17, 15) is 4.79 Å². The van der Waals surface area contributed by atoms with E-state index in [1.54, 1.807) is 0 Å². The molecule has 3 aromatic rings. The summed E-state index contributed by atoms with van der Waals surface area (Å²) in [6.45, 7) is 12.8. The number of ketones is 1. The van der Waals surface area contributed by atoms with Crippen molar-refractivity contribution >= 4 is 34.8 Å². The molecular weight excluding hydrogens is 477 g/mol. The van der Waals surface area contributed by atoms with E-state index in [2.05, 4.69) is 39.9 Å². The number of aryl methyl sites for hydroxylation is 1. The third kappa shape index (κ3) is 4.11. The van der Waals surface area contributed by atoms with Crippen molar-refractivity contribution in [2.24, 2.45) is 5.41 Å². The summed E-state index contributed by atoms with van der Waals surface area (Å²) in [4.78, 5) is 13.7. The van der Waals surface area contributed by atoms with Gasteiger partial charge in [-0.2, -0.15) is 5.10 Å². The van der Waals surface area contributed by atoms with Crippen LogP contribution in [0.5, 0.6) is 0 Å². The Morgan fingerprint density at radius 2 is 1.77 bits per heavy atom. The number of anilines is 1. The minimum Gasteiger partial charge on any atom is -0.343 e. The van der Waals surface area contributed by atoms with Gasteiger partial charge in [0.2, 0.25) is 0 Å². The highest BCUT2D eigenvalue weighted by Gasteiger charge is 2.45. The van der Waals surface area contributed by atoms with Crippen LogP contribution in [0.2, 0.25) is 10.0 Å². The minimum atomic E-state index is -0.282. The van der Waals surface area contributed by atoms with Crippen molar-refractivity contribution in [2.75, 3.05) is 5.32 Å². The topological polar surface area (TPSA) is 46.9 Å². The van der Waals surface area contributed by atoms with Crippen molar-refractivity contribution in [3.63, 3.8) is 0 Å². The number of hydrogen-bond donors (Lipinski definition) is 1. The van der Waals surface area contributed by atoms with E-state index >= 15 is 0 Å². The molecule has 2 aliphatic rings. The summed E-state index contributed by atoms with van der Waals surface area (Å²) in [5.74, 6) is 0.787. The molecule has 6 heteroatoms. The SMILES string of the molecule is Cc1cc(-n2nc(C(C)(C)C)c3c2NC2=C(C(=O)CC(C)(C)C2)C3c2ccccc2Cl)ccc1Cl. The lowest BCUT2D eigenvalue weighted by Gasteiger charge is -2.39. The Morgan fingerprint density at radius 3 is 2.43 bits per heavy atom. The van der Waals surface area contributed by atoms with Gasteiger partial charge in [0.05, 0.1) is 11.4 Å². The lowest BCUT2D eigenvalue weighted by molar-refractivity contribution is -0.118. The first-order valence-corrected chi connectivity index (χ1v) is 12.8. The fourth-order valence-electron chi connectivity index (χ4n) is 5.41. The Kier molecular flexibility index (Phi) is 5.69. The highest BCUT2D eigenvalue weighted by Crippen LogP contribution is 2.52. The van der Waals surface area contributed by atoms with Gasteiger partial charge in [-0.25, -0.2) is 4.68 Å². The Balaban J connectivity index is 1.85. The summed E-state index contributed by atoms with van der Waals surface area (Å²) in [5, 5.41) is 10.2. The van der Waals surface area contributed by atoms with Crippen LogP contribution in [-0.4, -0.2) is 15.6 Å². The third-order valence-corrected chi connectivity index (χ3v) is 7.77. The first kappa shape index (κ1) is 24.1. The van der Waals surface area contributed by atoms with Gasteiger partial charge < -0.3 is 5.32 Å². The normalized spacial score (nSPS) is 19.3. The van der Waals surface area contributed by atoms with Crippen LogP contribution in [0, 0.1) is 12.3 Å². The number of nitrogens with zero attached hydrogens (tertiary/aromatic N) is 2. The number of allylic oxidation sites excluding steroid dienone is 2. The zero-order chi connectivity index (χ0) is 25.3. The van der Waals surface area contributed by atoms with E-state index in [0.717, 1.165) is 56.6 Å². The Bertz CT molecular complexity index is 1390. The molecule has 35 heavy (non-hydrogen) atoms. The zero-order valence-corrected chi connectivity index (χ0v) is 22.6. The molecule has 2 heterocycles. The smallest absolute Gasteiger partial charge is 0.162 e. The molecule has 5 rings (SSSR count).